The first kappa shape index (κ1) is 17.5. The predicted molar refractivity (Wildman–Crippen MR) is 102 cm³/mol. The molecule has 136 valence electrons. The number of aromatic nitrogens is 2. The smallest absolute Gasteiger partial charge is 0.270 e. The van der Waals surface area contributed by atoms with Crippen LogP contribution in [-0.2, 0) is 11.2 Å². The number of fused-ring (bicyclic) bond motifs is 1. The van der Waals surface area contributed by atoms with E-state index >= 15 is 0 Å². The second-order valence-corrected chi connectivity index (χ2v) is 8.57. The fourth-order valence-corrected chi connectivity index (χ4v) is 4.75. The summed E-state index contributed by atoms with van der Waals surface area (Å²) in [5.41, 5.74) is 2.28. The molecule has 1 amide bonds. The van der Waals surface area contributed by atoms with Crippen molar-refractivity contribution in [3.63, 3.8) is 0 Å². The van der Waals surface area contributed by atoms with E-state index < -0.39 is 6.10 Å². The number of carbonyl (C=O) groups excluding carboxylic acids is 1. The Bertz CT molecular complexity index is 937. The number of hydrogen-bond donors (Lipinski definition) is 2. The molecule has 3 aromatic rings. The maximum atomic E-state index is 12.7. The van der Waals surface area contributed by atoms with Gasteiger partial charge in [0.15, 0.2) is 0 Å². The Balaban J connectivity index is 1.61. The number of ether oxygens (including phenoxy) is 1. The number of pyridine rings is 1. The van der Waals surface area contributed by atoms with Gasteiger partial charge in [0.1, 0.15) is 5.69 Å². The monoisotopic (exact) mass is 389 g/mol. The third kappa shape index (κ3) is 3.64. The first-order valence-corrected chi connectivity index (χ1v) is 10.1. The minimum absolute atomic E-state index is 0.248. The fourth-order valence-electron chi connectivity index (χ4n) is 3.08. The van der Waals surface area contributed by atoms with E-state index in [1.165, 1.54) is 0 Å². The van der Waals surface area contributed by atoms with Gasteiger partial charge in [0.05, 0.1) is 34.0 Å². The normalized spacial score (nSPS) is 20.4. The van der Waals surface area contributed by atoms with Gasteiger partial charge >= 0.3 is 0 Å². The first-order valence-electron chi connectivity index (χ1n) is 8.45. The van der Waals surface area contributed by atoms with Crippen LogP contribution in [0.5, 0.6) is 0 Å². The lowest BCUT2D eigenvalue weighted by atomic mass is 10.1. The molecule has 2 N–H and O–H groups in total. The number of rotatable bonds is 4. The van der Waals surface area contributed by atoms with Crippen molar-refractivity contribution in [3.8, 4) is 0 Å². The van der Waals surface area contributed by atoms with Crippen molar-refractivity contribution in [2.24, 2.45) is 0 Å². The molecule has 0 aliphatic carbocycles. The standard InChI is InChI=1S/C18H19N3O3S2/c1-10-19-8-12(26-10)6-11-7-15(20-14-3-5-25-17(11)14)18(23)21-13-2-4-24-9-16(13)22/h3,5,7-8,13,16,22H,2,4,6,9H2,1H3,(H,21,23)/t13-,16-/m1/s1. The quantitative estimate of drug-likeness (QED) is 0.716. The summed E-state index contributed by atoms with van der Waals surface area (Å²) in [6, 6.07) is 3.49. The molecule has 2 atom stereocenters. The Morgan fingerprint density at radius 3 is 3.15 bits per heavy atom. The lowest BCUT2D eigenvalue weighted by Gasteiger charge is -2.28. The minimum atomic E-state index is -0.683. The molecule has 1 aliphatic heterocycles. The van der Waals surface area contributed by atoms with E-state index in [2.05, 4.69) is 15.3 Å². The topological polar surface area (TPSA) is 84.3 Å². The maximum Gasteiger partial charge on any atom is 0.270 e. The number of amides is 1. The molecule has 0 bridgehead atoms. The molecule has 6 nitrogen and oxygen atoms in total. The van der Waals surface area contributed by atoms with Crippen LogP contribution in [0.1, 0.15) is 32.4 Å². The second kappa shape index (κ2) is 7.40. The molecule has 0 saturated carbocycles. The van der Waals surface area contributed by atoms with E-state index in [0.29, 0.717) is 18.7 Å². The number of thiophene rings is 1. The largest absolute Gasteiger partial charge is 0.389 e. The number of nitrogens with zero attached hydrogens (tertiary/aromatic N) is 2. The molecule has 0 spiro atoms. The van der Waals surface area contributed by atoms with Gasteiger partial charge in [-0.15, -0.1) is 22.7 Å². The van der Waals surface area contributed by atoms with Gasteiger partial charge in [-0.05, 0) is 36.4 Å². The van der Waals surface area contributed by atoms with Crippen molar-refractivity contribution in [2.45, 2.75) is 31.9 Å². The first-order chi connectivity index (χ1) is 12.6. The zero-order valence-corrected chi connectivity index (χ0v) is 15.9. The number of aryl methyl sites for hydroxylation is 1. The third-order valence-corrected chi connectivity index (χ3v) is 6.29. The van der Waals surface area contributed by atoms with Gasteiger partial charge in [0, 0.05) is 24.1 Å². The summed E-state index contributed by atoms with van der Waals surface area (Å²) < 4.78 is 6.31. The molecule has 1 saturated heterocycles. The number of aliphatic hydroxyl groups excluding tert-OH is 1. The van der Waals surface area contributed by atoms with Gasteiger partial charge in [-0.3, -0.25) is 4.79 Å². The van der Waals surface area contributed by atoms with Crippen molar-refractivity contribution >= 4 is 38.8 Å². The van der Waals surface area contributed by atoms with Gasteiger partial charge < -0.3 is 15.2 Å². The number of carbonyl (C=O) groups is 1. The summed E-state index contributed by atoms with van der Waals surface area (Å²) in [5.74, 6) is -0.259. The fraction of sp³-hybridized carbons (Fsp3) is 0.389. The second-order valence-electron chi connectivity index (χ2n) is 6.33. The van der Waals surface area contributed by atoms with Crippen molar-refractivity contribution in [2.75, 3.05) is 13.2 Å². The molecule has 26 heavy (non-hydrogen) atoms. The highest BCUT2D eigenvalue weighted by atomic mass is 32.1. The molecule has 3 aromatic heterocycles. The van der Waals surface area contributed by atoms with Crippen LogP contribution < -0.4 is 5.32 Å². The van der Waals surface area contributed by atoms with Gasteiger partial charge in [0.25, 0.3) is 5.91 Å². The molecular formula is C18H19N3O3S2. The van der Waals surface area contributed by atoms with Crippen LogP contribution in [0.25, 0.3) is 10.2 Å². The Labute approximate surface area is 158 Å². The van der Waals surface area contributed by atoms with Gasteiger partial charge in [-0.2, -0.15) is 0 Å². The third-order valence-electron chi connectivity index (χ3n) is 4.40. The Kier molecular flexibility index (Phi) is 4.99. The zero-order valence-electron chi connectivity index (χ0n) is 14.3. The summed E-state index contributed by atoms with van der Waals surface area (Å²) >= 11 is 3.29. The number of nitrogens with one attached hydrogen (secondary N) is 1. The molecule has 0 unspecified atom stereocenters. The molecule has 0 aromatic carbocycles. The number of thiazole rings is 1. The minimum Gasteiger partial charge on any atom is -0.389 e. The van der Waals surface area contributed by atoms with Crippen LogP contribution >= 0.6 is 22.7 Å². The molecular weight excluding hydrogens is 370 g/mol. The summed E-state index contributed by atoms with van der Waals surface area (Å²) in [7, 11) is 0. The number of hydrogen-bond acceptors (Lipinski definition) is 7. The van der Waals surface area contributed by atoms with E-state index in [9.17, 15) is 9.90 Å². The van der Waals surface area contributed by atoms with Crippen LogP contribution in [0, 0.1) is 6.92 Å². The van der Waals surface area contributed by atoms with Crippen molar-refractivity contribution in [3.05, 3.63) is 44.9 Å². The lowest BCUT2D eigenvalue weighted by molar-refractivity contribution is -0.0261. The van der Waals surface area contributed by atoms with Gasteiger partial charge in [0.2, 0.25) is 0 Å². The highest BCUT2D eigenvalue weighted by Gasteiger charge is 2.26. The van der Waals surface area contributed by atoms with Crippen LogP contribution in [0.15, 0.2) is 23.7 Å². The van der Waals surface area contributed by atoms with Crippen LogP contribution in [0.2, 0.25) is 0 Å². The summed E-state index contributed by atoms with van der Waals surface area (Å²) in [6.07, 6.45) is 2.53. The SMILES string of the molecule is Cc1ncc(Cc2cc(C(=O)N[C@@H]3CCOC[C@H]3O)nc3ccsc23)s1. The van der Waals surface area contributed by atoms with E-state index in [1.54, 1.807) is 22.7 Å². The van der Waals surface area contributed by atoms with Crippen LogP contribution in [0.3, 0.4) is 0 Å². The molecule has 0 radical (unpaired) electrons. The highest BCUT2D eigenvalue weighted by molar-refractivity contribution is 7.17. The average molecular weight is 390 g/mol. The van der Waals surface area contributed by atoms with E-state index in [0.717, 1.165) is 32.1 Å². The molecule has 1 fully saturated rings. The molecule has 4 rings (SSSR count). The van der Waals surface area contributed by atoms with Crippen LogP contribution in [0.4, 0.5) is 0 Å². The molecule has 1 aliphatic rings. The average Bonchev–Trinajstić information content (AvgIpc) is 3.25. The summed E-state index contributed by atoms with van der Waals surface area (Å²) in [4.78, 5) is 22.7. The van der Waals surface area contributed by atoms with Crippen molar-refractivity contribution in [1.82, 2.24) is 15.3 Å². The Hall–Kier alpha value is -1.87. The van der Waals surface area contributed by atoms with E-state index in [4.69, 9.17) is 4.74 Å². The summed E-state index contributed by atoms with van der Waals surface area (Å²) in [6.45, 7) is 2.77. The summed E-state index contributed by atoms with van der Waals surface area (Å²) in [5, 5.41) is 15.9. The maximum absolute atomic E-state index is 12.7. The predicted octanol–water partition coefficient (Wildman–Crippen LogP) is 2.53. The van der Waals surface area contributed by atoms with Crippen LogP contribution in [-0.4, -0.2) is 46.3 Å². The molecule has 4 heterocycles. The van der Waals surface area contributed by atoms with E-state index in [-0.39, 0.29) is 18.6 Å². The molecule has 8 heteroatoms. The number of aliphatic hydroxyl groups is 1. The highest BCUT2D eigenvalue weighted by Crippen LogP contribution is 2.28. The lowest BCUT2D eigenvalue weighted by Crippen LogP contribution is -2.48. The van der Waals surface area contributed by atoms with Gasteiger partial charge in [-0.1, -0.05) is 0 Å². The van der Waals surface area contributed by atoms with Gasteiger partial charge in [-0.25, -0.2) is 9.97 Å². The van der Waals surface area contributed by atoms with Crippen molar-refractivity contribution in [1.29, 1.82) is 0 Å². The Morgan fingerprint density at radius 1 is 1.50 bits per heavy atom. The zero-order chi connectivity index (χ0) is 18.1. The van der Waals surface area contributed by atoms with E-state index in [1.807, 2.05) is 30.6 Å². The Morgan fingerprint density at radius 2 is 2.38 bits per heavy atom. The van der Waals surface area contributed by atoms with Crippen molar-refractivity contribution < 1.29 is 14.6 Å².